The van der Waals surface area contributed by atoms with E-state index in [1.54, 1.807) is 36.5 Å². The molecule has 0 spiro atoms. The standard InChI is InChI=1S/C17H16BrN3O2/c1-17(2,3)23-21-16(13-9-12(18)6-7-14(13)22)15-11(10-19)5-4-8-20-15/h4-9,22H,1-3H3/b21-16-. The van der Waals surface area contributed by atoms with Gasteiger partial charge in [0.2, 0.25) is 0 Å². The maximum Gasteiger partial charge on any atom is 0.140 e. The molecular formula is C17H16BrN3O2. The van der Waals surface area contributed by atoms with E-state index in [2.05, 4.69) is 32.1 Å². The molecule has 0 aliphatic heterocycles. The molecular weight excluding hydrogens is 358 g/mol. The predicted octanol–water partition coefficient (Wildman–Crippen LogP) is 3.99. The summed E-state index contributed by atoms with van der Waals surface area (Å²) in [6.07, 6.45) is 1.57. The molecule has 1 heterocycles. The number of halogens is 1. The lowest BCUT2D eigenvalue weighted by Gasteiger charge is -2.17. The summed E-state index contributed by atoms with van der Waals surface area (Å²) in [6, 6.07) is 10.4. The van der Waals surface area contributed by atoms with E-state index in [0.717, 1.165) is 4.47 Å². The first-order valence-corrected chi connectivity index (χ1v) is 7.71. The van der Waals surface area contributed by atoms with Gasteiger partial charge in [0.15, 0.2) is 0 Å². The summed E-state index contributed by atoms with van der Waals surface area (Å²) in [5, 5.41) is 23.7. The molecule has 0 fully saturated rings. The monoisotopic (exact) mass is 373 g/mol. The topological polar surface area (TPSA) is 78.5 Å². The van der Waals surface area contributed by atoms with Crippen LogP contribution >= 0.6 is 15.9 Å². The van der Waals surface area contributed by atoms with Crippen LogP contribution in [0.25, 0.3) is 0 Å². The zero-order chi connectivity index (χ0) is 17.0. The molecule has 0 amide bonds. The number of phenols is 1. The second-order valence-electron chi connectivity index (χ2n) is 5.82. The zero-order valence-corrected chi connectivity index (χ0v) is 14.6. The number of pyridine rings is 1. The minimum absolute atomic E-state index is 0.0269. The Bertz CT molecular complexity index is 789. The van der Waals surface area contributed by atoms with Crippen LogP contribution in [-0.2, 0) is 4.84 Å². The fourth-order valence-electron chi connectivity index (χ4n) is 1.78. The van der Waals surface area contributed by atoms with Gasteiger partial charge in [0, 0.05) is 16.2 Å². The largest absolute Gasteiger partial charge is 0.507 e. The highest BCUT2D eigenvalue weighted by Crippen LogP contribution is 2.26. The molecule has 1 aromatic heterocycles. The van der Waals surface area contributed by atoms with Gasteiger partial charge in [0.05, 0.1) is 5.56 Å². The highest BCUT2D eigenvalue weighted by molar-refractivity contribution is 9.10. The Hall–Kier alpha value is -2.39. The van der Waals surface area contributed by atoms with Crippen LogP contribution < -0.4 is 0 Å². The fourth-order valence-corrected chi connectivity index (χ4v) is 2.15. The highest BCUT2D eigenvalue weighted by Gasteiger charge is 2.20. The maximum absolute atomic E-state index is 10.2. The summed E-state index contributed by atoms with van der Waals surface area (Å²) in [7, 11) is 0. The molecule has 6 heteroatoms. The van der Waals surface area contributed by atoms with Gasteiger partial charge < -0.3 is 9.94 Å². The third-order valence-electron chi connectivity index (χ3n) is 2.78. The fraction of sp³-hybridized carbons (Fsp3) is 0.235. The number of phenolic OH excluding ortho intramolecular Hbond substituents is 1. The third-order valence-corrected chi connectivity index (χ3v) is 3.27. The van der Waals surface area contributed by atoms with E-state index in [1.807, 2.05) is 20.8 Å². The molecule has 1 aromatic carbocycles. The van der Waals surface area contributed by atoms with E-state index in [1.165, 1.54) is 0 Å². The number of hydrogen-bond donors (Lipinski definition) is 1. The van der Waals surface area contributed by atoms with E-state index in [4.69, 9.17) is 4.84 Å². The number of benzene rings is 1. The lowest BCUT2D eigenvalue weighted by Crippen LogP contribution is -2.18. The first-order chi connectivity index (χ1) is 10.8. The molecule has 1 N–H and O–H groups in total. The van der Waals surface area contributed by atoms with Crippen molar-refractivity contribution in [3.05, 3.63) is 57.8 Å². The van der Waals surface area contributed by atoms with Gasteiger partial charge in [-0.1, -0.05) is 21.1 Å². The van der Waals surface area contributed by atoms with Crippen molar-refractivity contribution in [3.63, 3.8) is 0 Å². The van der Waals surface area contributed by atoms with Crippen molar-refractivity contribution >= 4 is 21.6 Å². The molecule has 0 unspecified atom stereocenters. The van der Waals surface area contributed by atoms with Crippen molar-refractivity contribution in [2.24, 2.45) is 5.16 Å². The molecule has 118 valence electrons. The van der Waals surface area contributed by atoms with Crippen molar-refractivity contribution in [1.82, 2.24) is 4.98 Å². The van der Waals surface area contributed by atoms with Crippen LogP contribution in [0.3, 0.4) is 0 Å². The molecule has 23 heavy (non-hydrogen) atoms. The highest BCUT2D eigenvalue weighted by atomic mass is 79.9. The van der Waals surface area contributed by atoms with Crippen LogP contribution in [-0.4, -0.2) is 21.4 Å². The van der Waals surface area contributed by atoms with Gasteiger partial charge in [-0.2, -0.15) is 5.26 Å². The summed E-state index contributed by atoms with van der Waals surface area (Å²) >= 11 is 3.37. The Morgan fingerprint density at radius 2 is 2.09 bits per heavy atom. The van der Waals surface area contributed by atoms with Gasteiger partial charge in [0.1, 0.15) is 28.8 Å². The second-order valence-corrected chi connectivity index (χ2v) is 6.73. The number of aromatic hydroxyl groups is 1. The van der Waals surface area contributed by atoms with E-state index in [0.29, 0.717) is 22.5 Å². The van der Waals surface area contributed by atoms with Crippen molar-refractivity contribution in [1.29, 1.82) is 5.26 Å². The normalized spacial score (nSPS) is 11.9. The van der Waals surface area contributed by atoms with Crippen LogP contribution in [0.5, 0.6) is 5.75 Å². The minimum atomic E-state index is -0.519. The van der Waals surface area contributed by atoms with Gasteiger partial charge in [0.25, 0.3) is 0 Å². The predicted molar refractivity (Wildman–Crippen MR) is 91.2 cm³/mol. The summed E-state index contributed by atoms with van der Waals surface area (Å²) in [4.78, 5) is 9.74. The Kier molecular flexibility index (Phi) is 5.02. The Morgan fingerprint density at radius 1 is 1.35 bits per heavy atom. The Labute approximate surface area is 143 Å². The second kappa shape index (κ2) is 6.80. The van der Waals surface area contributed by atoms with Gasteiger partial charge >= 0.3 is 0 Å². The molecule has 0 atom stereocenters. The van der Waals surface area contributed by atoms with Gasteiger partial charge in [-0.15, -0.1) is 0 Å². The number of nitrogens with zero attached hydrogens (tertiary/aromatic N) is 3. The lowest BCUT2D eigenvalue weighted by atomic mass is 10.0. The molecule has 0 bridgehead atoms. The SMILES string of the molecule is CC(C)(C)O/N=C(/c1cc(Br)ccc1O)c1ncccc1C#N. The Balaban J connectivity index is 2.66. The number of rotatable bonds is 3. The molecule has 2 aromatic rings. The summed E-state index contributed by atoms with van der Waals surface area (Å²) in [5.74, 6) is 0.0269. The van der Waals surface area contributed by atoms with Crippen LogP contribution in [0, 0.1) is 11.3 Å². The van der Waals surface area contributed by atoms with Gasteiger partial charge in [-0.05, 0) is 51.1 Å². The number of oxime groups is 1. The van der Waals surface area contributed by atoms with Crippen LogP contribution in [0.2, 0.25) is 0 Å². The first kappa shape index (κ1) is 17.0. The third kappa shape index (κ3) is 4.30. The number of nitriles is 1. The molecule has 0 saturated carbocycles. The number of aromatic nitrogens is 1. The molecule has 0 aliphatic rings. The van der Waals surface area contributed by atoms with Gasteiger partial charge in [-0.25, -0.2) is 0 Å². The van der Waals surface area contributed by atoms with Gasteiger partial charge in [-0.3, -0.25) is 4.98 Å². The van der Waals surface area contributed by atoms with Crippen molar-refractivity contribution in [2.45, 2.75) is 26.4 Å². The molecule has 0 aliphatic carbocycles. The smallest absolute Gasteiger partial charge is 0.140 e. The van der Waals surface area contributed by atoms with E-state index in [9.17, 15) is 10.4 Å². The Morgan fingerprint density at radius 3 is 2.74 bits per heavy atom. The van der Waals surface area contributed by atoms with Crippen molar-refractivity contribution in [3.8, 4) is 11.8 Å². The quantitative estimate of drug-likeness (QED) is 0.651. The summed E-state index contributed by atoms with van der Waals surface area (Å²) in [5.41, 5.74) is 0.916. The summed E-state index contributed by atoms with van der Waals surface area (Å²) in [6.45, 7) is 5.58. The average molecular weight is 374 g/mol. The molecule has 5 nitrogen and oxygen atoms in total. The summed E-state index contributed by atoms with van der Waals surface area (Å²) < 4.78 is 0.767. The maximum atomic E-state index is 10.2. The van der Waals surface area contributed by atoms with Crippen molar-refractivity contribution in [2.75, 3.05) is 0 Å². The minimum Gasteiger partial charge on any atom is -0.507 e. The van der Waals surface area contributed by atoms with Crippen LogP contribution in [0.15, 0.2) is 46.2 Å². The molecule has 0 radical (unpaired) electrons. The first-order valence-electron chi connectivity index (χ1n) is 6.92. The van der Waals surface area contributed by atoms with Crippen LogP contribution in [0.1, 0.15) is 37.6 Å². The van der Waals surface area contributed by atoms with E-state index >= 15 is 0 Å². The van der Waals surface area contributed by atoms with Crippen molar-refractivity contribution < 1.29 is 9.94 Å². The zero-order valence-electron chi connectivity index (χ0n) is 13.0. The number of hydrogen-bond acceptors (Lipinski definition) is 5. The van der Waals surface area contributed by atoms with Crippen LogP contribution in [0.4, 0.5) is 0 Å². The lowest BCUT2D eigenvalue weighted by molar-refractivity contribution is 0.00111. The van der Waals surface area contributed by atoms with E-state index < -0.39 is 5.60 Å². The average Bonchev–Trinajstić information content (AvgIpc) is 2.50. The van der Waals surface area contributed by atoms with E-state index in [-0.39, 0.29) is 5.75 Å². The molecule has 0 saturated heterocycles. The molecule has 2 rings (SSSR count).